The summed E-state index contributed by atoms with van der Waals surface area (Å²) in [5.74, 6) is -0.154. The van der Waals surface area contributed by atoms with E-state index in [-0.39, 0.29) is 11.7 Å². The molecule has 1 aromatic heterocycles. The Morgan fingerprint density at radius 2 is 2.31 bits per heavy atom. The van der Waals surface area contributed by atoms with Gasteiger partial charge >= 0.3 is 5.97 Å². The quantitative estimate of drug-likeness (QED) is 0.689. The van der Waals surface area contributed by atoms with Gasteiger partial charge in [-0.1, -0.05) is 0 Å². The maximum atomic E-state index is 11.1. The molecule has 2 N–H and O–H groups in total. The van der Waals surface area contributed by atoms with Crippen LogP contribution in [-0.2, 0) is 4.74 Å². The van der Waals surface area contributed by atoms with E-state index in [2.05, 4.69) is 9.72 Å². The number of aromatic nitrogens is 2. The summed E-state index contributed by atoms with van der Waals surface area (Å²) in [6.45, 7) is 3.91. The highest BCUT2D eigenvalue weighted by molar-refractivity contribution is 5.92. The van der Waals surface area contributed by atoms with Gasteiger partial charge in [0.25, 0.3) is 0 Å². The first-order valence-corrected chi connectivity index (χ1v) is 3.98. The van der Waals surface area contributed by atoms with Crippen LogP contribution in [0.3, 0.4) is 0 Å². The standard InChI is InChI=1S/C8H13N3O2/c1-5(2)11-4-10-6(7(11)9)8(12)13-3/h4-5H,9H2,1-3H3. The molecule has 0 amide bonds. The van der Waals surface area contributed by atoms with E-state index in [1.807, 2.05) is 13.8 Å². The number of anilines is 1. The Kier molecular flexibility index (Phi) is 2.55. The van der Waals surface area contributed by atoms with E-state index in [4.69, 9.17) is 5.73 Å². The molecule has 0 aromatic carbocycles. The number of nitrogens with zero attached hydrogens (tertiary/aromatic N) is 2. The summed E-state index contributed by atoms with van der Waals surface area (Å²) < 4.78 is 6.23. The van der Waals surface area contributed by atoms with Crippen molar-refractivity contribution < 1.29 is 9.53 Å². The van der Waals surface area contributed by atoms with Crippen LogP contribution in [0.2, 0.25) is 0 Å². The molecule has 0 aliphatic rings. The van der Waals surface area contributed by atoms with E-state index >= 15 is 0 Å². The largest absolute Gasteiger partial charge is 0.464 e. The molecule has 1 heterocycles. The minimum Gasteiger partial charge on any atom is -0.464 e. The molecule has 5 nitrogen and oxygen atoms in total. The van der Waals surface area contributed by atoms with Crippen LogP contribution in [0.4, 0.5) is 5.82 Å². The molecule has 0 aliphatic heterocycles. The van der Waals surface area contributed by atoms with Gasteiger partial charge < -0.3 is 15.0 Å². The molecule has 1 aromatic rings. The molecule has 0 spiro atoms. The van der Waals surface area contributed by atoms with Crippen LogP contribution in [0, 0.1) is 0 Å². The van der Waals surface area contributed by atoms with Gasteiger partial charge in [0.15, 0.2) is 5.69 Å². The third kappa shape index (κ3) is 1.63. The van der Waals surface area contributed by atoms with Crippen molar-refractivity contribution in [3.8, 4) is 0 Å². The maximum absolute atomic E-state index is 11.1. The van der Waals surface area contributed by atoms with Crippen molar-refractivity contribution in [1.29, 1.82) is 0 Å². The maximum Gasteiger partial charge on any atom is 0.360 e. The molecule has 0 aliphatic carbocycles. The van der Waals surface area contributed by atoms with E-state index < -0.39 is 5.97 Å². The topological polar surface area (TPSA) is 70.1 Å². The second-order valence-electron chi connectivity index (χ2n) is 2.97. The molecule has 5 heteroatoms. The van der Waals surface area contributed by atoms with Crippen molar-refractivity contribution in [2.24, 2.45) is 0 Å². The molecule has 0 atom stereocenters. The van der Waals surface area contributed by atoms with Crippen LogP contribution in [0.1, 0.15) is 30.4 Å². The summed E-state index contributed by atoms with van der Waals surface area (Å²) in [5, 5.41) is 0. The smallest absolute Gasteiger partial charge is 0.360 e. The highest BCUT2D eigenvalue weighted by Gasteiger charge is 2.16. The van der Waals surface area contributed by atoms with Crippen molar-refractivity contribution >= 4 is 11.8 Å². The number of imidazole rings is 1. The Morgan fingerprint density at radius 3 is 2.69 bits per heavy atom. The number of methoxy groups -OCH3 is 1. The van der Waals surface area contributed by atoms with Gasteiger partial charge in [0, 0.05) is 6.04 Å². The molecule has 72 valence electrons. The number of hydrogen-bond acceptors (Lipinski definition) is 4. The van der Waals surface area contributed by atoms with Gasteiger partial charge in [-0.15, -0.1) is 0 Å². The highest BCUT2D eigenvalue weighted by atomic mass is 16.5. The molecular formula is C8H13N3O2. The fourth-order valence-corrected chi connectivity index (χ4v) is 1.04. The van der Waals surface area contributed by atoms with Gasteiger partial charge in [0.2, 0.25) is 0 Å². The number of rotatable bonds is 2. The molecule has 0 radical (unpaired) electrons. The van der Waals surface area contributed by atoms with Crippen LogP contribution < -0.4 is 5.73 Å². The lowest BCUT2D eigenvalue weighted by Crippen LogP contribution is -2.09. The summed E-state index contributed by atoms with van der Waals surface area (Å²) in [4.78, 5) is 15.0. The van der Waals surface area contributed by atoms with Crippen molar-refractivity contribution in [3.63, 3.8) is 0 Å². The fraction of sp³-hybridized carbons (Fsp3) is 0.500. The van der Waals surface area contributed by atoms with E-state index in [1.54, 1.807) is 4.57 Å². The van der Waals surface area contributed by atoms with Gasteiger partial charge in [-0.3, -0.25) is 0 Å². The van der Waals surface area contributed by atoms with Crippen LogP contribution in [0.5, 0.6) is 0 Å². The number of carbonyl (C=O) groups excluding carboxylic acids is 1. The third-order valence-electron chi connectivity index (χ3n) is 1.77. The lowest BCUT2D eigenvalue weighted by Gasteiger charge is -2.08. The average molecular weight is 183 g/mol. The molecular weight excluding hydrogens is 170 g/mol. The second-order valence-corrected chi connectivity index (χ2v) is 2.97. The highest BCUT2D eigenvalue weighted by Crippen LogP contribution is 2.16. The molecule has 0 saturated heterocycles. The Labute approximate surface area is 76.5 Å². The predicted octanol–water partition coefficient (Wildman–Crippen LogP) is 0.833. The van der Waals surface area contributed by atoms with Gasteiger partial charge in [-0.05, 0) is 13.8 Å². The van der Waals surface area contributed by atoms with Crippen LogP contribution in [0.25, 0.3) is 0 Å². The van der Waals surface area contributed by atoms with Crippen molar-refractivity contribution in [1.82, 2.24) is 9.55 Å². The number of esters is 1. The summed E-state index contributed by atoms with van der Waals surface area (Å²) in [5.41, 5.74) is 5.86. The molecule has 0 bridgehead atoms. The third-order valence-corrected chi connectivity index (χ3v) is 1.77. The fourth-order valence-electron chi connectivity index (χ4n) is 1.04. The summed E-state index contributed by atoms with van der Waals surface area (Å²) in [6, 6.07) is 0.186. The lowest BCUT2D eigenvalue weighted by molar-refractivity contribution is 0.0596. The van der Waals surface area contributed by atoms with Crippen molar-refractivity contribution in [2.75, 3.05) is 12.8 Å². The first-order valence-electron chi connectivity index (χ1n) is 3.98. The zero-order chi connectivity index (χ0) is 10.0. The minimum atomic E-state index is -0.503. The molecule has 13 heavy (non-hydrogen) atoms. The molecule has 0 saturated carbocycles. The second kappa shape index (κ2) is 3.47. The van der Waals surface area contributed by atoms with Gasteiger partial charge in [-0.25, -0.2) is 9.78 Å². The van der Waals surface area contributed by atoms with Crippen molar-refractivity contribution in [2.45, 2.75) is 19.9 Å². The first-order chi connectivity index (χ1) is 6.07. The molecule has 1 rings (SSSR count). The minimum absolute atomic E-state index is 0.177. The zero-order valence-corrected chi connectivity index (χ0v) is 7.94. The SMILES string of the molecule is COC(=O)c1ncn(C(C)C)c1N. The molecule has 0 fully saturated rings. The zero-order valence-electron chi connectivity index (χ0n) is 7.94. The number of nitrogen functional groups attached to an aromatic ring is 1. The first kappa shape index (κ1) is 9.57. The number of nitrogens with two attached hydrogens (primary N) is 1. The van der Waals surface area contributed by atoms with E-state index in [0.29, 0.717) is 5.82 Å². The summed E-state index contributed by atoms with van der Waals surface area (Å²) >= 11 is 0. The van der Waals surface area contributed by atoms with E-state index in [1.165, 1.54) is 13.4 Å². The van der Waals surface area contributed by atoms with E-state index in [0.717, 1.165) is 0 Å². The normalized spacial score (nSPS) is 10.5. The average Bonchev–Trinajstić information content (AvgIpc) is 2.46. The Hall–Kier alpha value is -1.52. The molecule has 0 unspecified atom stereocenters. The number of ether oxygens (including phenoxy) is 1. The Bertz CT molecular complexity index is 317. The lowest BCUT2D eigenvalue weighted by atomic mass is 10.3. The van der Waals surface area contributed by atoms with Crippen LogP contribution in [-0.4, -0.2) is 22.6 Å². The van der Waals surface area contributed by atoms with Crippen LogP contribution in [0.15, 0.2) is 6.33 Å². The summed E-state index contributed by atoms with van der Waals surface area (Å²) in [7, 11) is 1.30. The monoisotopic (exact) mass is 183 g/mol. The van der Waals surface area contributed by atoms with E-state index in [9.17, 15) is 4.79 Å². The van der Waals surface area contributed by atoms with Gasteiger partial charge in [0.1, 0.15) is 5.82 Å². The van der Waals surface area contributed by atoms with Gasteiger partial charge in [0.05, 0.1) is 13.4 Å². The van der Waals surface area contributed by atoms with Crippen LogP contribution >= 0.6 is 0 Å². The number of hydrogen-bond donors (Lipinski definition) is 1. The number of carbonyl (C=O) groups is 1. The Balaban J connectivity index is 3.06. The van der Waals surface area contributed by atoms with Crippen molar-refractivity contribution in [3.05, 3.63) is 12.0 Å². The summed E-state index contributed by atoms with van der Waals surface area (Å²) in [6.07, 6.45) is 1.53. The Morgan fingerprint density at radius 1 is 1.69 bits per heavy atom. The van der Waals surface area contributed by atoms with Gasteiger partial charge in [-0.2, -0.15) is 0 Å². The predicted molar refractivity (Wildman–Crippen MR) is 48.4 cm³/mol.